The van der Waals surface area contributed by atoms with Crippen LogP contribution in [-0.2, 0) is 9.59 Å². The first-order valence-corrected chi connectivity index (χ1v) is 7.04. The monoisotopic (exact) mass is 325 g/mol. The van der Waals surface area contributed by atoms with Gasteiger partial charge in [0.2, 0.25) is 11.8 Å². The summed E-state index contributed by atoms with van der Waals surface area (Å²) >= 11 is 0. The molecule has 1 aromatic carbocycles. The third-order valence-corrected chi connectivity index (χ3v) is 3.78. The van der Waals surface area contributed by atoms with Gasteiger partial charge >= 0.3 is 6.18 Å². The number of rotatable bonds is 3. The fourth-order valence-corrected chi connectivity index (χ4v) is 2.69. The van der Waals surface area contributed by atoms with E-state index in [-0.39, 0.29) is 13.0 Å². The van der Waals surface area contributed by atoms with E-state index >= 15 is 0 Å². The molecule has 2 amide bonds. The summed E-state index contributed by atoms with van der Waals surface area (Å²) in [4.78, 5) is 27.5. The minimum absolute atomic E-state index is 0.200. The third kappa shape index (κ3) is 3.46. The maximum absolute atomic E-state index is 12.4. The molecule has 3 rings (SSSR count). The Morgan fingerprint density at radius 3 is 2.87 bits per heavy atom. The molecule has 122 valence electrons. The first kappa shape index (κ1) is 15.4. The first-order valence-electron chi connectivity index (χ1n) is 7.04. The zero-order valence-electron chi connectivity index (χ0n) is 12.0. The Hall–Kier alpha value is -2.51. The number of hydrogen-bond donors (Lipinski definition) is 2. The number of anilines is 1. The topological polar surface area (TPSA) is 65.2 Å². The van der Waals surface area contributed by atoms with Crippen molar-refractivity contribution in [1.82, 2.24) is 9.88 Å². The van der Waals surface area contributed by atoms with Crippen LogP contribution in [0.15, 0.2) is 30.5 Å². The Morgan fingerprint density at radius 1 is 1.35 bits per heavy atom. The molecule has 0 spiro atoms. The van der Waals surface area contributed by atoms with Crippen LogP contribution in [0.2, 0.25) is 0 Å². The fraction of sp³-hybridized carbons (Fsp3) is 0.333. The van der Waals surface area contributed by atoms with Crippen molar-refractivity contribution in [3.05, 3.63) is 30.5 Å². The van der Waals surface area contributed by atoms with Gasteiger partial charge in [-0.3, -0.25) is 9.59 Å². The molecule has 0 aliphatic carbocycles. The zero-order chi connectivity index (χ0) is 16.6. The van der Waals surface area contributed by atoms with Crippen molar-refractivity contribution >= 4 is 28.4 Å². The van der Waals surface area contributed by atoms with Crippen LogP contribution in [0.5, 0.6) is 0 Å². The van der Waals surface area contributed by atoms with E-state index in [4.69, 9.17) is 0 Å². The normalized spacial score (nSPS) is 18.7. The highest BCUT2D eigenvalue weighted by Gasteiger charge is 2.40. The molecule has 1 aliphatic heterocycles. The summed E-state index contributed by atoms with van der Waals surface area (Å²) < 4.78 is 37.1. The average molecular weight is 325 g/mol. The summed E-state index contributed by atoms with van der Waals surface area (Å²) in [6.45, 7) is -1.53. The number of carbonyl (C=O) groups excluding carboxylic acids is 2. The maximum Gasteiger partial charge on any atom is 0.406 e. The number of aromatic amines is 1. The summed E-state index contributed by atoms with van der Waals surface area (Å²) in [5.74, 6) is -1.87. The largest absolute Gasteiger partial charge is 0.406 e. The number of H-pyrrole nitrogens is 1. The molecule has 8 heteroatoms. The molecule has 1 atom stereocenters. The Morgan fingerprint density at radius 2 is 2.13 bits per heavy atom. The number of nitrogens with zero attached hydrogens (tertiary/aromatic N) is 1. The number of benzene rings is 1. The van der Waals surface area contributed by atoms with Crippen molar-refractivity contribution in [2.45, 2.75) is 12.6 Å². The Bertz CT molecular complexity index is 754. The van der Waals surface area contributed by atoms with Gasteiger partial charge in [-0.2, -0.15) is 13.2 Å². The Kier molecular flexibility index (Phi) is 3.75. The third-order valence-electron chi connectivity index (χ3n) is 3.78. The van der Waals surface area contributed by atoms with Crippen LogP contribution in [0.4, 0.5) is 18.9 Å². The van der Waals surface area contributed by atoms with E-state index in [0.29, 0.717) is 10.6 Å². The highest BCUT2D eigenvalue weighted by molar-refractivity contribution is 5.98. The standard InChI is InChI=1S/C15H14F3N3O2/c16-15(17,18)8-21-7-10(6-13(21)22)14(23)20-11-1-2-12-9(5-11)3-4-19-12/h1-5,10,19H,6-8H2,(H,20,23)/t10-/m1/s1. The quantitative estimate of drug-likeness (QED) is 0.911. The van der Waals surface area contributed by atoms with Crippen molar-refractivity contribution < 1.29 is 22.8 Å². The predicted octanol–water partition coefficient (Wildman–Crippen LogP) is 2.52. The lowest BCUT2D eigenvalue weighted by molar-refractivity contribution is -0.157. The van der Waals surface area contributed by atoms with Gasteiger partial charge in [0.25, 0.3) is 0 Å². The zero-order valence-corrected chi connectivity index (χ0v) is 12.0. The van der Waals surface area contributed by atoms with Crippen molar-refractivity contribution in [2.75, 3.05) is 18.4 Å². The molecule has 0 bridgehead atoms. The van der Waals surface area contributed by atoms with Gasteiger partial charge in [0.05, 0.1) is 5.92 Å². The number of likely N-dealkylation sites (tertiary alicyclic amines) is 1. The molecule has 0 radical (unpaired) electrons. The highest BCUT2D eigenvalue weighted by atomic mass is 19.4. The molecule has 0 unspecified atom stereocenters. The van der Waals surface area contributed by atoms with E-state index < -0.39 is 30.5 Å². The molecule has 2 N–H and O–H groups in total. The van der Waals surface area contributed by atoms with E-state index in [1.54, 1.807) is 24.4 Å². The molecule has 2 heterocycles. The second-order valence-corrected chi connectivity index (χ2v) is 5.56. The lowest BCUT2D eigenvalue weighted by atomic mass is 10.1. The van der Waals surface area contributed by atoms with Crippen LogP contribution in [0.1, 0.15) is 6.42 Å². The summed E-state index contributed by atoms with van der Waals surface area (Å²) in [7, 11) is 0. The van der Waals surface area contributed by atoms with Gasteiger partial charge in [-0.1, -0.05) is 0 Å². The molecule has 2 aromatic rings. The molecular weight excluding hydrogens is 311 g/mol. The Labute approximate surface area is 129 Å². The van der Waals surface area contributed by atoms with E-state index in [1.807, 2.05) is 6.07 Å². The van der Waals surface area contributed by atoms with Crippen molar-refractivity contribution in [3.8, 4) is 0 Å². The number of amides is 2. The maximum atomic E-state index is 12.4. The molecule has 1 saturated heterocycles. The first-order chi connectivity index (χ1) is 10.8. The minimum Gasteiger partial charge on any atom is -0.361 e. The van der Waals surface area contributed by atoms with Crippen molar-refractivity contribution in [1.29, 1.82) is 0 Å². The van der Waals surface area contributed by atoms with Crippen LogP contribution in [0.3, 0.4) is 0 Å². The van der Waals surface area contributed by atoms with Gasteiger partial charge in [-0.05, 0) is 24.3 Å². The number of aromatic nitrogens is 1. The van der Waals surface area contributed by atoms with Gasteiger partial charge in [-0.25, -0.2) is 0 Å². The van der Waals surface area contributed by atoms with Crippen molar-refractivity contribution in [3.63, 3.8) is 0 Å². The van der Waals surface area contributed by atoms with E-state index in [0.717, 1.165) is 10.9 Å². The number of fused-ring (bicyclic) bond motifs is 1. The lowest BCUT2D eigenvalue weighted by Crippen LogP contribution is -2.36. The molecule has 1 fully saturated rings. The summed E-state index contributed by atoms with van der Waals surface area (Å²) in [5.41, 5.74) is 1.46. The lowest BCUT2D eigenvalue weighted by Gasteiger charge is -2.18. The van der Waals surface area contributed by atoms with Gasteiger partial charge in [0.1, 0.15) is 6.54 Å². The molecular formula is C15H14F3N3O2. The van der Waals surface area contributed by atoms with Crippen LogP contribution in [0.25, 0.3) is 10.9 Å². The van der Waals surface area contributed by atoms with Crippen molar-refractivity contribution in [2.24, 2.45) is 5.92 Å². The number of hydrogen-bond acceptors (Lipinski definition) is 2. The smallest absolute Gasteiger partial charge is 0.361 e. The SMILES string of the molecule is O=C(Nc1ccc2[nH]ccc2c1)[C@@H]1CC(=O)N(CC(F)(F)F)C1. The summed E-state index contributed by atoms with van der Waals surface area (Å²) in [5, 5.41) is 3.56. The van der Waals surface area contributed by atoms with Gasteiger partial charge in [0, 0.05) is 35.8 Å². The number of halogens is 3. The summed E-state index contributed by atoms with van der Waals surface area (Å²) in [6.07, 6.45) is -2.89. The van der Waals surface area contributed by atoms with E-state index in [2.05, 4.69) is 10.3 Å². The van der Waals surface area contributed by atoms with Crippen LogP contribution < -0.4 is 5.32 Å². The van der Waals surface area contributed by atoms with Gasteiger partial charge in [0.15, 0.2) is 0 Å². The average Bonchev–Trinajstić information content (AvgIpc) is 3.04. The molecule has 1 aromatic heterocycles. The van der Waals surface area contributed by atoms with Gasteiger partial charge in [-0.15, -0.1) is 0 Å². The fourth-order valence-electron chi connectivity index (χ4n) is 2.69. The second-order valence-electron chi connectivity index (χ2n) is 5.56. The van der Waals surface area contributed by atoms with E-state index in [1.165, 1.54) is 0 Å². The Balaban J connectivity index is 1.65. The van der Waals surface area contributed by atoms with Crippen LogP contribution in [0, 0.1) is 5.92 Å². The molecule has 23 heavy (non-hydrogen) atoms. The van der Waals surface area contributed by atoms with Crippen LogP contribution >= 0.6 is 0 Å². The minimum atomic E-state index is -4.46. The molecule has 0 saturated carbocycles. The molecule has 5 nitrogen and oxygen atoms in total. The number of carbonyl (C=O) groups is 2. The second kappa shape index (κ2) is 5.60. The van der Waals surface area contributed by atoms with Crippen LogP contribution in [-0.4, -0.2) is 41.0 Å². The highest BCUT2D eigenvalue weighted by Crippen LogP contribution is 2.25. The predicted molar refractivity (Wildman–Crippen MR) is 77.7 cm³/mol. The van der Waals surface area contributed by atoms with E-state index in [9.17, 15) is 22.8 Å². The number of alkyl halides is 3. The number of nitrogens with one attached hydrogen (secondary N) is 2. The summed E-state index contributed by atoms with van der Waals surface area (Å²) in [6, 6.07) is 7.09. The van der Waals surface area contributed by atoms with Gasteiger partial charge < -0.3 is 15.2 Å². The molecule has 1 aliphatic rings.